The van der Waals surface area contributed by atoms with Crippen molar-refractivity contribution in [2.24, 2.45) is 0 Å². The van der Waals surface area contributed by atoms with Crippen LogP contribution < -0.4 is 0 Å². The van der Waals surface area contributed by atoms with E-state index in [1.807, 2.05) is 0 Å². The lowest BCUT2D eigenvalue weighted by molar-refractivity contribution is 0.178. The van der Waals surface area contributed by atoms with Gasteiger partial charge in [-0.3, -0.25) is 0 Å². The van der Waals surface area contributed by atoms with Gasteiger partial charge in [0.25, 0.3) is 0 Å². The second-order valence-electron chi connectivity index (χ2n) is 4.02. The summed E-state index contributed by atoms with van der Waals surface area (Å²) in [5.41, 5.74) is 1.22. The molecule has 94 valence electrons. The van der Waals surface area contributed by atoms with Crippen LogP contribution >= 0.6 is 11.6 Å². The highest BCUT2D eigenvalue weighted by Crippen LogP contribution is 2.21. The van der Waals surface area contributed by atoms with Crippen LogP contribution in [-0.4, -0.2) is 5.11 Å². The fourth-order valence-electron chi connectivity index (χ4n) is 1.69. The van der Waals surface area contributed by atoms with E-state index in [1.165, 1.54) is 36.4 Å². The van der Waals surface area contributed by atoms with E-state index in [0.29, 0.717) is 11.1 Å². The van der Waals surface area contributed by atoms with Gasteiger partial charge in [0.05, 0.1) is 11.1 Å². The lowest BCUT2D eigenvalue weighted by Gasteiger charge is -2.11. The summed E-state index contributed by atoms with van der Waals surface area (Å²) in [6, 6.07) is 9.96. The van der Waals surface area contributed by atoms with Crippen molar-refractivity contribution >= 4 is 11.6 Å². The zero-order chi connectivity index (χ0) is 13.1. The van der Waals surface area contributed by atoms with Gasteiger partial charge in [-0.05, 0) is 35.4 Å². The molecule has 0 aliphatic rings. The fourth-order valence-corrected chi connectivity index (χ4v) is 1.81. The van der Waals surface area contributed by atoms with Crippen LogP contribution in [0, 0.1) is 11.6 Å². The molecule has 0 saturated heterocycles. The quantitative estimate of drug-likeness (QED) is 0.895. The van der Waals surface area contributed by atoms with Crippen molar-refractivity contribution in [1.82, 2.24) is 0 Å². The molecule has 1 unspecified atom stereocenters. The number of hydrogen-bond acceptors (Lipinski definition) is 1. The Kier molecular flexibility index (Phi) is 3.94. The number of halogens is 3. The van der Waals surface area contributed by atoms with E-state index in [9.17, 15) is 13.9 Å². The van der Waals surface area contributed by atoms with Gasteiger partial charge in [-0.2, -0.15) is 0 Å². The number of aliphatic hydroxyl groups excluding tert-OH is 1. The molecule has 4 heteroatoms. The van der Waals surface area contributed by atoms with Crippen LogP contribution in [0.3, 0.4) is 0 Å². The summed E-state index contributed by atoms with van der Waals surface area (Å²) in [6.45, 7) is 0. The summed E-state index contributed by atoms with van der Waals surface area (Å²) in [5, 5.41) is 10.00. The molecule has 0 heterocycles. The molecule has 18 heavy (non-hydrogen) atoms. The van der Waals surface area contributed by atoms with Gasteiger partial charge in [0, 0.05) is 6.42 Å². The minimum atomic E-state index is -0.800. The van der Waals surface area contributed by atoms with Crippen molar-refractivity contribution in [2.45, 2.75) is 12.5 Å². The largest absolute Gasteiger partial charge is 0.388 e. The van der Waals surface area contributed by atoms with E-state index in [1.54, 1.807) is 6.07 Å². The van der Waals surface area contributed by atoms with Crippen LogP contribution in [0.1, 0.15) is 17.2 Å². The van der Waals surface area contributed by atoms with Crippen LogP contribution in [0.4, 0.5) is 8.78 Å². The van der Waals surface area contributed by atoms with Gasteiger partial charge in [0.1, 0.15) is 11.6 Å². The minimum absolute atomic E-state index is 0.0509. The van der Waals surface area contributed by atoms with Crippen LogP contribution in [-0.2, 0) is 6.42 Å². The molecule has 0 aromatic heterocycles. The predicted octanol–water partition coefficient (Wildman–Crippen LogP) is 3.89. The Morgan fingerprint density at radius 1 is 1.06 bits per heavy atom. The zero-order valence-corrected chi connectivity index (χ0v) is 10.2. The van der Waals surface area contributed by atoms with Crippen molar-refractivity contribution in [3.8, 4) is 0 Å². The second-order valence-corrected chi connectivity index (χ2v) is 4.43. The number of hydrogen-bond donors (Lipinski definition) is 1. The molecule has 2 aromatic carbocycles. The molecule has 0 fully saturated rings. The molecule has 0 radical (unpaired) electrons. The van der Waals surface area contributed by atoms with E-state index in [-0.39, 0.29) is 17.3 Å². The van der Waals surface area contributed by atoms with Crippen molar-refractivity contribution in [1.29, 1.82) is 0 Å². The van der Waals surface area contributed by atoms with Crippen molar-refractivity contribution in [2.75, 3.05) is 0 Å². The molecule has 2 rings (SSSR count). The molecule has 0 aliphatic carbocycles. The summed E-state index contributed by atoms with van der Waals surface area (Å²) >= 11 is 5.57. The Morgan fingerprint density at radius 3 is 2.33 bits per heavy atom. The van der Waals surface area contributed by atoms with Crippen LogP contribution in [0.2, 0.25) is 5.02 Å². The fraction of sp³-hybridized carbons (Fsp3) is 0.143. The first-order valence-corrected chi connectivity index (χ1v) is 5.81. The topological polar surface area (TPSA) is 20.2 Å². The molecule has 1 nitrogen and oxygen atoms in total. The van der Waals surface area contributed by atoms with Crippen molar-refractivity contribution < 1.29 is 13.9 Å². The third-order valence-corrected chi connectivity index (χ3v) is 2.97. The maximum absolute atomic E-state index is 13.2. The maximum atomic E-state index is 13.2. The van der Waals surface area contributed by atoms with E-state index < -0.39 is 11.9 Å². The van der Waals surface area contributed by atoms with E-state index in [4.69, 9.17) is 11.6 Å². The van der Waals surface area contributed by atoms with Gasteiger partial charge in [0.15, 0.2) is 0 Å². The molecule has 1 N–H and O–H groups in total. The van der Waals surface area contributed by atoms with Gasteiger partial charge in [-0.1, -0.05) is 29.8 Å². The molecule has 0 aliphatic heterocycles. The average Bonchev–Trinajstić information content (AvgIpc) is 2.34. The molecular formula is C14H11ClF2O. The van der Waals surface area contributed by atoms with Crippen LogP contribution in [0.25, 0.3) is 0 Å². The maximum Gasteiger partial charge on any atom is 0.142 e. The smallest absolute Gasteiger partial charge is 0.142 e. The number of rotatable bonds is 3. The van der Waals surface area contributed by atoms with E-state index in [0.717, 1.165) is 0 Å². The van der Waals surface area contributed by atoms with E-state index in [2.05, 4.69) is 0 Å². The highest BCUT2D eigenvalue weighted by molar-refractivity contribution is 6.30. The third-order valence-electron chi connectivity index (χ3n) is 2.67. The molecule has 0 bridgehead atoms. The molecular weight excluding hydrogens is 258 g/mol. The SMILES string of the molecule is OC(Cc1ccc(Cl)c(F)c1)c1ccc(F)cc1. The summed E-state index contributed by atoms with van der Waals surface area (Å²) in [4.78, 5) is 0. The van der Waals surface area contributed by atoms with Crippen molar-refractivity contribution in [3.63, 3.8) is 0 Å². The molecule has 1 atom stereocenters. The first-order chi connectivity index (χ1) is 8.56. The summed E-state index contributed by atoms with van der Waals surface area (Å²) in [5.74, 6) is -0.871. The van der Waals surface area contributed by atoms with Gasteiger partial charge in [0.2, 0.25) is 0 Å². The Bertz CT molecular complexity index is 540. The van der Waals surface area contributed by atoms with Gasteiger partial charge in [-0.25, -0.2) is 8.78 Å². The number of benzene rings is 2. The summed E-state index contributed by atoms with van der Waals surface area (Å²) < 4.78 is 26.0. The Hall–Kier alpha value is -1.45. The molecule has 0 amide bonds. The lowest BCUT2D eigenvalue weighted by Crippen LogP contribution is -2.02. The zero-order valence-electron chi connectivity index (χ0n) is 9.41. The third kappa shape index (κ3) is 3.06. The summed E-state index contributed by atoms with van der Waals surface area (Å²) in [7, 11) is 0. The van der Waals surface area contributed by atoms with Gasteiger partial charge in [-0.15, -0.1) is 0 Å². The predicted molar refractivity (Wildman–Crippen MR) is 66.5 cm³/mol. The Morgan fingerprint density at radius 2 is 1.72 bits per heavy atom. The van der Waals surface area contributed by atoms with Crippen LogP contribution in [0.15, 0.2) is 42.5 Å². The van der Waals surface area contributed by atoms with Gasteiger partial charge < -0.3 is 5.11 Å². The Balaban J connectivity index is 2.13. The second kappa shape index (κ2) is 5.46. The molecule has 0 spiro atoms. The normalized spacial score (nSPS) is 12.4. The van der Waals surface area contributed by atoms with Gasteiger partial charge >= 0.3 is 0 Å². The standard InChI is InChI=1S/C14H11ClF2O/c15-12-6-1-9(7-13(12)17)8-14(18)10-2-4-11(16)5-3-10/h1-7,14,18H,8H2. The average molecular weight is 269 g/mol. The van der Waals surface area contributed by atoms with Crippen LogP contribution in [0.5, 0.6) is 0 Å². The highest BCUT2D eigenvalue weighted by Gasteiger charge is 2.10. The number of aliphatic hydroxyl groups is 1. The van der Waals surface area contributed by atoms with Crippen molar-refractivity contribution in [3.05, 3.63) is 70.2 Å². The minimum Gasteiger partial charge on any atom is -0.388 e. The lowest BCUT2D eigenvalue weighted by atomic mass is 10.0. The summed E-state index contributed by atoms with van der Waals surface area (Å²) in [6.07, 6.45) is -0.550. The molecule has 0 saturated carbocycles. The first-order valence-electron chi connectivity index (χ1n) is 5.44. The Labute approximate surface area is 109 Å². The van der Waals surface area contributed by atoms with E-state index >= 15 is 0 Å². The highest BCUT2D eigenvalue weighted by atomic mass is 35.5. The monoisotopic (exact) mass is 268 g/mol. The first kappa shape index (κ1) is 13.0. The molecule has 2 aromatic rings.